The van der Waals surface area contributed by atoms with Crippen LogP contribution in [0.2, 0.25) is 15.1 Å². The minimum atomic E-state index is 0.298. The van der Waals surface area contributed by atoms with Crippen molar-refractivity contribution < 1.29 is 0 Å². The molecular formula is C16H16Cl3N. The summed E-state index contributed by atoms with van der Waals surface area (Å²) in [7, 11) is 1.96. The zero-order valence-corrected chi connectivity index (χ0v) is 13.4. The molecule has 0 spiro atoms. The van der Waals surface area contributed by atoms with Crippen molar-refractivity contribution >= 4 is 34.8 Å². The van der Waals surface area contributed by atoms with Crippen molar-refractivity contribution in [2.75, 3.05) is 7.05 Å². The summed E-state index contributed by atoms with van der Waals surface area (Å²) in [6.07, 6.45) is 1.75. The van der Waals surface area contributed by atoms with Crippen LogP contribution in [0, 0.1) is 0 Å². The van der Waals surface area contributed by atoms with E-state index >= 15 is 0 Å². The zero-order valence-electron chi connectivity index (χ0n) is 11.2. The van der Waals surface area contributed by atoms with Crippen LogP contribution in [0.25, 0.3) is 0 Å². The Morgan fingerprint density at radius 3 is 2.30 bits per heavy atom. The Morgan fingerprint density at radius 1 is 0.900 bits per heavy atom. The van der Waals surface area contributed by atoms with Crippen molar-refractivity contribution in [3.05, 3.63) is 68.7 Å². The second kappa shape index (κ2) is 7.33. The number of nitrogens with one attached hydrogen (secondary N) is 1. The zero-order chi connectivity index (χ0) is 14.5. The summed E-state index contributed by atoms with van der Waals surface area (Å²) in [5.74, 6) is 0. The maximum absolute atomic E-state index is 6.21. The first kappa shape index (κ1) is 15.7. The molecule has 0 aliphatic carbocycles. The van der Waals surface area contributed by atoms with Crippen molar-refractivity contribution in [2.45, 2.75) is 18.9 Å². The van der Waals surface area contributed by atoms with Gasteiger partial charge >= 0.3 is 0 Å². The summed E-state index contributed by atoms with van der Waals surface area (Å²) in [6.45, 7) is 0. The van der Waals surface area contributed by atoms with Gasteiger partial charge < -0.3 is 5.32 Å². The van der Waals surface area contributed by atoms with Crippen LogP contribution >= 0.6 is 34.8 Å². The highest BCUT2D eigenvalue weighted by atomic mass is 35.5. The molecule has 20 heavy (non-hydrogen) atoms. The monoisotopic (exact) mass is 327 g/mol. The average molecular weight is 329 g/mol. The van der Waals surface area contributed by atoms with Crippen LogP contribution in [0.4, 0.5) is 0 Å². The third kappa shape index (κ3) is 4.13. The number of hydrogen-bond donors (Lipinski definition) is 1. The first-order valence-corrected chi connectivity index (χ1v) is 7.58. The maximum Gasteiger partial charge on any atom is 0.0595 e. The summed E-state index contributed by atoms with van der Waals surface area (Å²) in [6, 6.07) is 14.0. The van der Waals surface area contributed by atoms with Crippen molar-refractivity contribution in [3.63, 3.8) is 0 Å². The predicted octanol–water partition coefficient (Wildman–Crippen LogP) is 5.02. The molecule has 2 aromatic rings. The minimum Gasteiger partial charge on any atom is -0.316 e. The summed E-state index contributed by atoms with van der Waals surface area (Å²) >= 11 is 18.2. The summed E-state index contributed by atoms with van der Waals surface area (Å²) < 4.78 is 0. The fraction of sp³-hybridized carbons (Fsp3) is 0.250. The molecule has 0 bridgehead atoms. The number of halogens is 3. The van der Waals surface area contributed by atoms with E-state index in [1.54, 1.807) is 0 Å². The molecule has 0 heterocycles. The lowest BCUT2D eigenvalue weighted by atomic mass is 9.99. The molecule has 0 radical (unpaired) electrons. The summed E-state index contributed by atoms with van der Waals surface area (Å²) in [5.41, 5.74) is 2.30. The van der Waals surface area contributed by atoms with Gasteiger partial charge in [0.1, 0.15) is 0 Å². The Kier molecular flexibility index (Phi) is 5.74. The van der Waals surface area contributed by atoms with Crippen LogP contribution in [0.1, 0.15) is 11.1 Å². The van der Waals surface area contributed by atoms with Crippen molar-refractivity contribution in [3.8, 4) is 0 Å². The lowest BCUT2D eigenvalue weighted by Gasteiger charge is -2.17. The van der Waals surface area contributed by atoms with Crippen LogP contribution in [0.5, 0.6) is 0 Å². The molecule has 2 rings (SSSR count). The first-order valence-electron chi connectivity index (χ1n) is 6.44. The Labute approximate surface area is 134 Å². The van der Waals surface area contributed by atoms with Crippen LogP contribution in [0.15, 0.2) is 42.5 Å². The van der Waals surface area contributed by atoms with Gasteiger partial charge in [-0.15, -0.1) is 0 Å². The topological polar surface area (TPSA) is 12.0 Å². The molecule has 0 saturated carbocycles. The van der Waals surface area contributed by atoms with Gasteiger partial charge in [0.2, 0.25) is 0 Å². The van der Waals surface area contributed by atoms with E-state index in [4.69, 9.17) is 34.8 Å². The molecule has 4 heteroatoms. The standard InChI is InChI=1S/C16H16Cl3N/c1-20-13(10-12-4-2-3-5-14(12)17)8-11-6-7-15(18)16(19)9-11/h2-7,9,13,20H,8,10H2,1H3. The molecular weight excluding hydrogens is 313 g/mol. The molecule has 1 atom stereocenters. The van der Waals surface area contributed by atoms with Gasteiger partial charge in [-0.1, -0.05) is 59.1 Å². The third-order valence-electron chi connectivity index (χ3n) is 3.30. The SMILES string of the molecule is CNC(Cc1ccc(Cl)c(Cl)c1)Cc1ccccc1Cl. The predicted molar refractivity (Wildman–Crippen MR) is 88.2 cm³/mol. The highest BCUT2D eigenvalue weighted by Gasteiger charge is 2.11. The van der Waals surface area contributed by atoms with E-state index in [1.165, 1.54) is 0 Å². The van der Waals surface area contributed by atoms with Crippen LogP contribution < -0.4 is 5.32 Å². The van der Waals surface area contributed by atoms with Crippen molar-refractivity contribution in [1.29, 1.82) is 0 Å². The average Bonchev–Trinajstić information content (AvgIpc) is 2.44. The van der Waals surface area contributed by atoms with E-state index in [0.717, 1.165) is 29.0 Å². The number of likely N-dealkylation sites (N-methyl/N-ethyl adjacent to an activating group) is 1. The van der Waals surface area contributed by atoms with Crippen molar-refractivity contribution in [2.24, 2.45) is 0 Å². The smallest absolute Gasteiger partial charge is 0.0595 e. The minimum absolute atomic E-state index is 0.298. The second-order valence-electron chi connectivity index (χ2n) is 4.73. The van der Waals surface area contributed by atoms with Gasteiger partial charge in [0.25, 0.3) is 0 Å². The second-order valence-corrected chi connectivity index (χ2v) is 5.96. The molecule has 0 aromatic heterocycles. The molecule has 0 aliphatic heterocycles. The van der Waals surface area contributed by atoms with Gasteiger partial charge in [-0.3, -0.25) is 0 Å². The largest absolute Gasteiger partial charge is 0.316 e. The summed E-state index contributed by atoms with van der Waals surface area (Å²) in [4.78, 5) is 0. The van der Waals surface area contributed by atoms with E-state index in [-0.39, 0.29) is 0 Å². The lowest BCUT2D eigenvalue weighted by molar-refractivity contribution is 0.556. The highest BCUT2D eigenvalue weighted by molar-refractivity contribution is 6.42. The molecule has 0 fully saturated rings. The Bertz CT molecular complexity index is 584. The number of hydrogen-bond acceptors (Lipinski definition) is 1. The summed E-state index contributed by atoms with van der Waals surface area (Å²) in [5, 5.41) is 5.31. The van der Waals surface area contributed by atoms with Gasteiger partial charge in [0.05, 0.1) is 10.0 Å². The van der Waals surface area contributed by atoms with E-state index in [9.17, 15) is 0 Å². The number of benzene rings is 2. The van der Waals surface area contributed by atoms with E-state index < -0.39 is 0 Å². The van der Waals surface area contributed by atoms with E-state index in [0.29, 0.717) is 16.1 Å². The third-order valence-corrected chi connectivity index (χ3v) is 4.41. The maximum atomic E-state index is 6.21. The van der Waals surface area contributed by atoms with Gasteiger partial charge in [-0.25, -0.2) is 0 Å². The normalized spacial score (nSPS) is 12.4. The van der Waals surface area contributed by atoms with E-state index in [2.05, 4.69) is 11.4 Å². The van der Waals surface area contributed by atoms with Gasteiger partial charge in [0, 0.05) is 11.1 Å². The quantitative estimate of drug-likeness (QED) is 0.812. The Hall–Kier alpha value is -0.730. The highest BCUT2D eigenvalue weighted by Crippen LogP contribution is 2.24. The van der Waals surface area contributed by atoms with Crippen LogP contribution in [-0.4, -0.2) is 13.1 Å². The Morgan fingerprint density at radius 2 is 1.65 bits per heavy atom. The van der Waals surface area contributed by atoms with Gasteiger partial charge in [-0.05, 0) is 49.2 Å². The fourth-order valence-electron chi connectivity index (χ4n) is 2.16. The Balaban J connectivity index is 2.09. The molecule has 2 aromatic carbocycles. The first-order chi connectivity index (χ1) is 9.60. The lowest BCUT2D eigenvalue weighted by Crippen LogP contribution is -2.30. The van der Waals surface area contributed by atoms with Gasteiger partial charge in [0.15, 0.2) is 0 Å². The molecule has 0 aliphatic rings. The molecule has 1 nitrogen and oxygen atoms in total. The molecule has 0 saturated heterocycles. The fourth-order valence-corrected chi connectivity index (χ4v) is 2.69. The van der Waals surface area contributed by atoms with Crippen LogP contribution in [0.3, 0.4) is 0 Å². The van der Waals surface area contributed by atoms with Crippen molar-refractivity contribution in [1.82, 2.24) is 5.32 Å². The molecule has 106 valence electrons. The number of rotatable bonds is 5. The van der Waals surface area contributed by atoms with Gasteiger partial charge in [-0.2, -0.15) is 0 Å². The molecule has 0 amide bonds. The molecule has 1 unspecified atom stereocenters. The van der Waals surface area contributed by atoms with Crippen LogP contribution in [-0.2, 0) is 12.8 Å². The van der Waals surface area contributed by atoms with E-state index in [1.807, 2.05) is 43.4 Å². The molecule has 1 N–H and O–H groups in total.